The summed E-state index contributed by atoms with van der Waals surface area (Å²) in [5.74, 6) is 0.728. The van der Waals surface area contributed by atoms with E-state index in [1.54, 1.807) is 18.2 Å². The zero-order valence-electron chi connectivity index (χ0n) is 11.9. The quantitative estimate of drug-likeness (QED) is 0.653. The molecule has 0 unspecified atom stereocenters. The summed E-state index contributed by atoms with van der Waals surface area (Å²) >= 11 is 0. The second-order valence-corrected chi connectivity index (χ2v) is 4.81. The average Bonchev–Trinajstić information content (AvgIpc) is 2.48. The van der Waals surface area contributed by atoms with Crippen molar-refractivity contribution in [2.24, 2.45) is 5.73 Å². The second kappa shape index (κ2) is 6.85. The number of hydrogen-bond acceptors (Lipinski definition) is 4. The molecule has 0 aliphatic rings. The van der Waals surface area contributed by atoms with Crippen LogP contribution >= 0.6 is 0 Å². The lowest BCUT2D eigenvalue weighted by atomic mass is 10.1. The maximum absolute atomic E-state index is 10.9. The Bertz CT molecular complexity index is 626. The van der Waals surface area contributed by atoms with E-state index < -0.39 is 0 Å². The Hall–Kier alpha value is -2.40. The van der Waals surface area contributed by atoms with Crippen LogP contribution in [0, 0.1) is 10.1 Å². The Morgan fingerprint density at radius 2 is 1.86 bits per heavy atom. The Labute approximate surface area is 123 Å². The summed E-state index contributed by atoms with van der Waals surface area (Å²) in [5.41, 5.74) is 7.62. The van der Waals surface area contributed by atoms with Crippen LogP contribution in [0.5, 0.6) is 5.75 Å². The largest absolute Gasteiger partial charge is 0.493 e. The molecule has 0 saturated carbocycles. The van der Waals surface area contributed by atoms with E-state index in [9.17, 15) is 10.1 Å². The number of rotatable bonds is 6. The smallest absolute Gasteiger partial charge is 0.272 e. The predicted molar refractivity (Wildman–Crippen MR) is 81.3 cm³/mol. The first-order valence-corrected chi connectivity index (χ1v) is 6.79. The maximum Gasteiger partial charge on any atom is 0.272 e. The molecule has 0 aliphatic heterocycles. The Kier molecular flexibility index (Phi) is 4.90. The van der Waals surface area contributed by atoms with E-state index in [1.807, 2.05) is 31.2 Å². The van der Waals surface area contributed by atoms with Gasteiger partial charge in [-0.1, -0.05) is 36.4 Å². The summed E-state index contributed by atoms with van der Waals surface area (Å²) in [4.78, 5) is 10.6. The van der Waals surface area contributed by atoms with Crippen LogP contribution < -0.4 is 10.5 Å². The van der Waals surface area contributed by atoms with Gasteiger partial charge in [0.1, 0.15) is 5.75 Å². The van der Waals surface area contributed by atoms with Crippen molar-refractivity contribution in [3.05, 3.63) is 69.8 Å². The van der Waals surface area contributed by atoms with Gasteiger partial charge in [0.15, 0.2) is 0 Å². The van der Waals surface area contributed by atoms with Crippen molar-refractivity contribution in [1.29, 1.82) is 0 Å². The molecule has 1 atom stereocenters. The van der Waals surface area contributed by atoms with Crippen LogP contribution in [0.4, 0.5) is 5.69 Å². The number of nitrogens with zero attached hydrogens (tertiary/aromatic N) is 1. The van der Waals surface area contributed by atoms with Crippen LogP contribution in [0.15, 0.2) is 48.5 Å². The van der Waals surface area contributed by atoms with Crippen molar-refractivity contribution >= 4 is 5.69 Å². The number of hydrogen-bond donors (Lipinski definition) is 1. The molecule has 2 rings (SSSR count). The number of nitro benzene ring substituents is 1. The zero-order chi connectivity index (χ0) is 15.2. The summed E-state index contributed by atoms with van der Waals surface area (Å²) in [7, 11) is 0. The van der Waals surface area contributed by atoms with Gasteiger partial charge in [-0.25, -0.2) is 0 Å². The number of nitrogens with two attached hydrogens (primary N) is 1. The highest BCUT2D eigenvalue weighted by Gasteiger charge is 2.12. The first-order chi connectivity index (χ1) is 10.1. The van der Waals surface area contributed by atoms with Crippen molar-refractivity contribution in [2.75, 3.05) is 6.61 Å². The van der Waals surface area contributed by atoms with E-state index in [0.29, 0.717) is 18.6 Å². The van der Waals surface area contributed by atoms with Crippen molar-refractivity contribution in [3.8, 4) is 5.75 Å². The molecule has 5 nitrogen and oxygen atoms in total. The molecule has 0 spiro atoms. The molecule has 0 aromatic heterocycles. The molecule has 2 N–H and O–H groups in total. The summed E-state index contributed by atoms with van der Waals surface area (Å²) in [5, 5.41) is 10.9. The van der Waals surface area contributed by atoms with E-state index in [2.05, 4.69) is 0 Å². The summed E-state index contributed by atoms with van der Waals surface area (Å²) in [6, 6.07) is 14.2. The van der Waals surface area contributed by atoms with Gasteiger partial charge in [0.25, 0.3) is 5.69 Å². The predicted octanol–water partition coefficient (Wildman–Crippen LogP) is 3.24. The van der Waals surface area contributed by atoms with E-state index in [4.69, 9.17) is 10.5 Å². The van der Waals surface area contributed by atoms with Crippen molar-refractivity contribution in [3.63, 3.8) is 0 Å². The molecular weight excluding hydrogens is 268 g/mol. The van der Waals surface area contributed by atoms with Gasteiger partial charge < -0.3 is 10.5 Å². The standard InChI is InChI=1S/C16H18N2O3/c1-12(17)14-7-3-5-9-16(14)21-11-10-13-6-2-4-8-15(13)18(19)20/h2-9,12H,10-11,17H2,1H3/t12-/m1/s1. The van der Waals surface area contributed by atoms with Gasteiger partial charge in [0.2, 0.25) is 0 Å². The molecule has 0 aliphatic carbocycles. The molecule has 5 heteroatoms. The molecule has 0 radical (unpaired) electrons. The van der Waals surface area contributed by atoms with E-state index in [-0.39, 0.29) is 16.7 Å². The monoisotopic (exact) mass is 286 g/mol. The van der Waals surface area contributed by atoms with E-state index in [1.165, 1.54) is 6.07 Å². The minimum Gasteiger partial charge on any atom is -0.493 e. The third-order valence-corrected chi connectivity index (χ3v) is 3.23. The molecule has 0 bridgehead atoms. The van der Waals surface area contributed by atoms with Gasteiger partial charge in [-0.2, -0.15) is 0 Å². The maximum atomic E-state index is 10.9. The molecule has 0 amide bonds. The highest BCUT2D eigenvalue weighted by atomic mass is 16.6. The van der Waals surface area contributed by atoms with Gasteiger partial charge >= 0.3 is 0 Å². The average molecular weight is 286 g/mol. The fraction of sp³-hybridized carbons (Fsp3) is 0.250. The van der Waals surface area contributed by atoms with Crippen LogP contribution in [-0.4, -0.2) is 11.5 Å². The summed E-state index contributed by atoms with van der Waals surface area (Å²) in [6.45, 7) is 2.26. The number of para-hydroxylation sites is 2. The minimum atomic E-state index is -0.370. The summed E-state index contributed by atoms with van der Waals surface area (Å²) < 4.78 is 5.73. The van der Waals surface area contributed by atoms with Crippen LogP contribution in [0.3, 0.4) is 0 Å². The first kappa shape index (κ1) is 15.0. The van der Waals surface area contributed by atoms with Gasteiger partial charge in [0.05, 0.1) is 11.5 Å². The highest BCUT2D eigenvalue weighted by molar-refractivity contribution is 5.40. The van der Waals surface area contributed by atoms with Crippen LogP contribution in [0.25, 0.3) is 0 Å². The van der Waals surface area contributed by atoms with E-state index in [0.717, 1.165) is 11.3 Å². The molecule has 0 saturated heterocycles. The number of benzene rings is 2. The fourth-order valence-electron chi connectivity index (χ4n) is 2.16. The highest BCUT2D eigenvalue weighted by Crippen LogP contribution is 2.24. The topological polar surface area (TPSA) is 78.4 Å². The molecule has 2 aromatic carbocycles. The minimum absolute atomic E-state index is 0.118. The van der Waals surface area contributed by atoms with Gasteiger partial charge in [-0.15, -0.1) is 0 Å². The number of ether oxygens (including phenoxy) is 1. The first-order valence-electron chi connectivity index (χ1n) is 6.79. The third kappa shape index (κ3) is 3.79. The molecule has 2 aromatic rings. The fourth-order valence-corrected chi connectivity index (χ4v) is 2.16. The SMILES string of the molecule is C[C@@H](N)c1ccccc1OCCc1ccccc1[N+](=O)[O-]. The normalized spacial score (nSPS) is 11.9. The van der Waals surface area contributed by atoms with E-state index >= 15 is 0 Å². The Balaban J connectivity index is 2.04. The summed E-state index contributed by atoms with van der Waals surface area (Å²) in [6.07, 6.45) is 0.477. The number of nitro groups is 1. The lowest BCUT2D eigenvalue weighted by Crippen LogP contribution is -2.10. The lowest BCUT2D eigenvalue weighted by Gasteiger charge is -2.13. The molecule has 21 heavy (non-hydrogen) atoms. The van der Waals surface area contributed by atoms with Gasteiger partial charge in [-0.3, -0.25) is 10.1 Å². The van der Waals surface area contributed by atoms with Gasteiger partial charge in [-0.05, 0) is 13.0 Å². The van der Waals surface area contributed by atoms with Crippen LogP contribution in [0.2, 0.25) is 0 Å². The Morgan fingerprint density at radius 3 is 2.57 bits per heavy atom. The van der Waals surface area contributed by atoms with Crippen LogP contribution in [-0.2, 0) is 6.42 Å². The van der Waals surface area contributed by atoms with Crippen molar-refractivity contribution in [1.82, 2.24) is 0 Å². The van der Waals surface area contributed by atoms with Crippen molar-refractivity contribution < 1.29 is 9.66 Å². The zero-order valence-corrected chi connectivity index (χ0v) is 11.9. The molecular formula is C16H18N2O3. The van der Waals surface area contributed by atoms with Crippen LogP contribution in [0.1, 0.15) is 24.1 Å². The lowest BCUT2D eigenvalue weighted by molar-refractivity contribution is -0.385. The molecule has 0 heterocycles. The Morgan fingerprint density at radius 1 is 1.19 bits per heavy atom. The molecule has 110 valence electrons. The van der Waals surface area contributed by atoms with Gasteiger partial charge in [0, 0.05) is 29.7 Å². The van der Waals surface area contributed by atoms with Crippen molar-refractivity contribution in [2.45, 2.75) is 19.4 Å². The second-order valence-electron chi connectivity index (χ2n) is 4.81. The third-order valence-electron chi connectivity index (χ3n) is 3.23. The molecule has 0 fully saturated rings.